The minimum Gasteiger partial charge on any atom is -0.341 e. The molecule has 1 aromatic carbocycles. The lowest BCUT2D eigenvalue weighted by molar-refractivity contribution is 0.242. The number of fused-ring (bicyclic) bond motifs is 1. The average Bonchev–Trinajstić information content (AvgIpc) is 2.35. The number of aromatic nitrogens is 2. The van der Waals surface area contributed by atoms with Crippen molar-refractivity contribution in [2.45, 2.75) is 6.54 Å². The minimum absolute atomic E-state index is 0.195. The van der Waals surface area contributed by atoms with Gasteiger partial charge >= 0.3 is 6.03 Å². The molecule has 0 spiro atoms. The highest BCUT2D eigenvalue weighted by Gasteiger charge is 1.99. The van der Waals surface area contributed by atoms with Gasteiger partial charge in [0, 0.05) is 26.0 Å². The Morgan fingerprint density at radius 3 is 2.75 bits per heavy atom. The third-order valence-electron chi connectivity index (χ3n) is 2.21. The number of hydrogen-bond acceptors (Lipinski definition) is 3. The molecule has 5 nitrogen and oxygen atoms in total. The number of nitrogens with one attached hydrogen (secondary N) is 2. The quantitative estimate of drug-likeness (QED) is 0.788. The molecule has 1 heterocycles. The van der Waals surface area contributed by atoms with E-state index < -0.39 is 0 Å². The first-order chi connectivity index (χ1) is 7.79. The monoisotopic (exact) mass is 216 g/mol. The standard InChI is InChI=1S/C11H12N4O/c1-12-11(16)15-7-8-2-3-9-10(6-8)14-5-4-13-9/h2-6H,7H2,1H3,(H2,12,15,16). The largest absolute Gasteiger partial charge is 0.341 e. The Balaban J connectivity index is 2.16. The summed E-state index contributed by atoms with van der Waals surface area (Å²) < 4.78 is 0. The Kier molecular flexibility index (Phi) is 2.95. The summed E-state index contributed by atoms with van der Waals surface area (Å²) in [6, 6.07) is 5.54. The van der Waals surface area contributed by atoms with E-state index in [0.29, 0.717) is 6.54 Å². The Bertz CT molecular complexity index is 512. The van der Waals surface area contributed by atoms with E-state index in [2.05, 4.69) is 20.6 Å². The maximum atomic E-state index is 11.0. The van der Waals surface area contributed by atoms with Gasteiger partial charge in [0.05, 0.1) is 11.0 Å². The predicted octanol–water partition coefficient (Wildman–Crippen LogP) is 1.06. The molecule has 2 aromatic rings. The van der Waals surface area contributed by atoms with Crippen molar-refractivity contribution >= 4 is 17.1 Å². The Hall–Kier alpha value is -2.17. The topological polar surface area (TPSA) is 66.9 Å². The van der Waals surface area contributed by atoms with E-state index in [1.807, 2.05) is 18.2 Å². The van der Waals surface area contributed by atoms with Crippen molar-refractivity contribution in [1.29, 1.82) is 0 Å². The van der Waals surface area contributed by atoms with Gasteiger partial charge in [-0.05, 0) is 17.7 Å². The number of hydrogen-bond donors (Lipinski definition) is 2. The van der Waals surface area contributed by atoms with Gasteiger partial charge in [-0.2, -0.15) is 0 Å². The number of amides is 2. The Morgan fingerprint density at radius 2 is 2.00 bits per heavy atom. The highest BCUT2D eigenvalue weighted by molar-refractivity contribution is 5.75. The summed E-state index contributed by atoms with van der Waals surface area (Å²) in [5.41, 5.74) is 2.68. The molecule has 2 amide bonds. The molecule has 0 unspecified atom stereocenters. The van der Waals surface area contributed by atoms with Crippen molar-refractivity contribution < 1.29 is 4.79 Å². The zero-order valence-electron chi connectivity index (χ0n) is 8.90. The molecule has 0 fully saturated rings. The Labute approximate surface area is 92.9 Å². The van der Waals surface area contributed by atoms with Crippen molar-refractivity contribution in [3.8, 4) is 0 Å². The van der Waals surface area contributed by atoms with Crippen LogP contribution in [0.2, 0.25) is 0 Å². The summed E-state index contributed by atoms with van der Waals surface area (Å²) in [7, 11) is 1.58. The highest BCUT2D eigenvalue weighted by Crippen LogP contribution is 2.10. The molecule has 1 aromatic heterocycles. The van der Waals surface area contributed by atoms with Gasteiger partial charge < -0.3 is 10.6 Å². The molecule has 2 N–H and O–H groups in total. The van der Waals surface area contributed by atoms with Gasteiger partial charge in [-0.25, -0.2) is 4.79 Å². The van der Waals surface area contributed by atoms with Crippen LogP contribution in [0, 0.1) is 0 Å². The molecule has 0 bridgehead atoms. The second-order valence-corrected chi connectivity index (χ2v) is 3.31. The smallest absolute Gasteiger partial charge is 0.314 e. The molecule has 0 atom stereocenters. The number of nitrogens with zero attached hydrogens (tertiary/aromatic N) is 2. The van der Waals surface area contributed by atoms with Crippen LogP contribution in [0.3, 0.4) is 0 Å². The number of carbonyl (C=O) groups is 1. The molecule has 82 valence electrons. The van der Waals surface area contributed by atoms with Crippen LogP contribution in [-0.2, 0) is 6.54 Å². The summed E-state index contributed by atoms with van der Waals surface area (Å²) in [5.74, 6) is 0. The first-order valence-electron chi connectivity index (χ1n) is 4.95. The van der Waals surface area contributed by atoms with Crippen molar-refractivity contribution in [2.75, 3.05) is 7.05 Å². The van der Waals surface area contributed by atoms with Gasteiger partial charge in [-0.15, -0.1) is 0 Å². The number of rotatable bonds is 2. The van der Waals surface area contributed by atoms with Gasteiger partial charge in [0.2, 0.25) is 0 Å². The summed E-state index contributed by atoms with van der Waals surface area (Å²) in [4.78, 5) is 19.4. The zero-order chi connectivity index (χ0) is 11.4. The molecule has 0 saturated carbocycles. The first kappa shape index (κ1) is 10.4. The zero-order valence-corrected chi connectivity index (χ0v) is 8.90. The van der Waals surface area contributed by atoms with Gasteiger partial charge in [0.25, 0.3) is 0 Å². The molecular formula is C11H12N4O. The third kappa shape index (κ3) is 2.25. The van der Waals surface area contributed by atoms with Crippen LogP contribution in [0.1, 0.15) is 5.56 Å². The Morgan fingerprint density at radius 1 is 1.25 bits per heavy atom. The van der Waals surface area contributed by atoms with Crippen LogP contribution in [0.4, 0.5) is 4.79 Å². The predicted molar refractivity (Wildman–Crippen MR) is 60.8 cm³/mol. The highest BCUT2D eigenvalue weighted by atomic mass is 16.2. The van der Waals surface area contributed by atoms with Crippen molar-refractivity contribution in [3.05, 3.63) is 36.2 Å². The van der Waals surface area contributed by atoms with Crippen molar-refractivity contribution in [3.63, 3.8) is 0 Å². The molecular weight excluding hydrogens is 204 g/mol. The van der Waals surface area contributed by atoms with E-state index in [1.165, 1.54) is 0 Å². The fourth-order valence-corrected chi connectivity index (χ4v) is 1.39. The van der Waals surface area contributed by atoms with Crippen LogP contribution in [0.15, 0.2) is 30.6 Å². The van der Waals surface area contributed by atoms with Crippen molar-refractivity contribution in [1.82, 2.24) is 20.6 Å². The second-order valence-electron chi connectivity index (χ2n) is 3.31. The SMILES string of the molecule is CNC(=O)NCc1ccc2nccnc2c1. The first-order valence-corrected chi connectivity index (χ1v) is 4.95. The third-order valence-corrected chi connectivity index (χ3v) is 2.21. The maximum absolute atomic E-state index is 11.0. The normalized spacial score (nSPS) is 10.1. The average molecular weight is 216 g/mol. The van der Waals surface area contributed by atoms with E-state index >= 15 is 0 Å². The fraction of sp³-hybridized carbons (Fsp3) is 0.182. The van der Waals surface area contributed by atoms with Crippen LogP contribution in [0.5, 0.6) is 0 Å². The lowest BCUT2D eigenvalue weighted by Crippen LogP contribution is -2.32. The summed E-state index contributed by atoms with van der Waals surface area (Å²) in [6.07, 6.45) is 3.31. The number of benzene rings is 1. The fourth-order valence-electron chi connectivity index (χ4n) is 1.39. The van der Waals surface area contributed by atoms with Gasteiger partial charge in [0.1, 0.15) is 0 Å². The van der Waals surface area contributed by atoms with Gasteiger partial charge in [-0.1, -0.05) is 6.07 Å². The van der Waals surface area contributed by atoms with E-state index in [1.54, 1.807) is 19.4 Å². The molecule has 0 saturated heterocycles. The van der Waals surface area contributed by atoms with Crippen molar-refractivity contribution in [2.24, 2.45) is 0 Å². The lowest BCUT2D eigenvalue weighted by atomic mass is 10.2. The van der Waals surface area contributed by atoms with Crippen LogP contribution in [0.25, 0.3) is 11.0 Å². The van der Waals surface area contributed by atoms with Crippen LogP contribution >= 0.6 is 0 Å². The van der Waals surface area contributed by atoms with E-state index in [-0.39, 0.29) is 6.03 Å². The number of carbonyl (C=O) groups excluding carboxylic acids is 1. The van der Waals surface area contributed by atoms with Crippen LogP contribution < -0.4 is 10.6 Å². The molecule has 0 aliphatic carbocycles. The summed E-state index contributed by atoms with van der Waals surface area (Å²) >= 11 is 0. The molecule has 0 radical (unpaired) electrons. The van der Waals surface area contributed by atoms with E-state index in [0.717, 1.165) is 16.6 Å². The minimum atomic E-state index is -0.195. The summed E-state index contributed by atoms with van der Waals surface area (Å²) in [6.45, 7) is 0.478. The molecule has 0 aliphatic rings. The lowest BCUT2D eigenvalue weighted by Gasteiger charge is -2.04. The van der Waals surface area contributed by atoms with Crippen LogP contribution in [-0.4, -0.2) is 23.0 Å². The van der Waals surface area contributed by atoms with Gasteiger partial charge in [-0.3, -0.25) is 9.97 Å². The molecule has 5 heteroatoms. The van der Waals surface area contributed by atoms with E-state index in [4.69, 9.17) is 0 Å². The summed E-state index contributed by atoms with van der Waals surface area (Å²) in [5, 5.41) is 5.21. The second kappa shape index (κ2) is 4.57. The molecule has 16 heavy (non-hydrogen) atoms. The van der Waals surface area contributed by atoms with Gasteiger partial charge in [0.15, 0.2) is 0 Å². The molecule has 2 rings (SSSR count). The van der Waals surface area contributed by atoms with E-state index in [9.17, 15) is 4.79 Å². The maximum Gasteiger partial charge on any atom is 0.314 e. The number of urea groups is 1. The molecule has 0 aliphatic heterocycles.